The Morgan fingerprint density at radius 1 is 1.39 bits per heavy atom. The van der Waals surface area contributed by atoms with Crippen molar-refractivity contribution in [2.24, 2.45) is 11.8 Å². The van der Waals surface area contributed by atoms with Gasteiger partial charge in [-0.05, 0) is 43.4 Å². The van der Waals surface area contributed by atoms with Crippen LogP contribution in [0, 0.1) is 11.8 Å². The van der Waals surface area contributed by atoms with E-state index in [0.29, 0.717) is 6.04 Å². The first-order valence-electron chi connectivity index (χ1n) is 7.17. The maximum atomic E-state index is 3.51. The summed E-state index contributed by atoms with van der Waals surface area (Å²) >= 11 is 0. The summed E-state index contributed by atoms with van der Waals surface area (Å²) in [6, 6.07) is 9.20. The van der Waals surface area contributed by atoms with E-state index in [4.69, 9.17) is 0 Å². The standard InChI is InChI=1S/C16H26N2/c1-5-17-13(3)15-8-6-7-9-16(15)18(4)11-14-10-12(14)2/h6-9,12-14,17H,5,10-11H2,1-4H3. The molecule has 2 heteroatoms. The number of hydrogen-bond acceptors (Lipinski definition) is 2. The van der Waals surface area contributed by atoms with E-state index >= 15 is 0 Å². The number of benzene rings is 1. The van der Waals surface area contributed by atoms with Gasteiger partial charge in [0.15, 0.2) is 0 Å². The lowest BCUT2D eigenvalue weighted by atomic mass is 10.0. The predicted octanol–water partition coefficient (Wildman–Crippen LogP) is 3.45. The molecule has 1 aliphatic rings. The van der Waals surface area contributed by atoms with E-state index in [1.165, 1.54) is 24.2 Å². The Bertz CT molecular complexity index is 388. The van der Waals surface area contributed by atoms with E-state index in [0.717, 1.165) is 18.4 Å². The monoisotopic (exact) mass is 246 g/mol. The van der Waals surface area contributed by atoms with Crippen LogP contribution >= 0.6 is 0 Å². The highest BCUT2D eigenvalue weighted by Gasteiger charge is 2.33. The molecule has 1 aliphatic carbocycles. The second-order valence-electron chi connectivity index (χ2n) is 5.69. The molecule has 100 valence electrons. The first kappa shape index (κ1) is 13.4. The molecule has 18 heavy (non-hydrogen) atoms. The first-order chi connectivity index (χ1) is 8.63. The van der Waals surface area contributed by atoms with Gasteiger partial charge in [0.25, 0.3) is 0 Å². The summed E-state index contributed by atoms with van der Waals surface area (Å²) < 4.78 is 0. The molecular weight excluding hydrogens is 220 g/mol. The maximum Gasteiger partial charge on any atom is 0.0412 e. The van der Waals surface area contributed by atoms with Gasteiger partial charge >= 0.3 is 0 Å². The highest BCUT2D eigenvalue weighted by Crippen LogP contribution is 2.39. The van der Waals surface area contributed by atoms with Gasteiger partial charge in [0.2, 0.25) is 0 Å². The summed E-state index contributed by atoms with van der Waals surface area (Å²) in [5.74, 6) is 1.82. The van der Waals surface area contributed by atoms with E-state index < -0.39 is 0 Å². The SMILES string of the molecule is CCNC(C)c1ccccc1N(C)CC1CC1C. The van der Waals surface area contributed by atoms with Gasteiger partial charge < -0.3 is 10.2 Å². The summed E-state index contributed by atoms with van der Waals surface area (Å²) in [6.07, 6.45) is 1.40. The highest BCUT2D eigenvalue weighted by molar-refractivity contribution is 5.54. The zero-order valence-corrected chi connectivity index (χ0v) is 12.1. The average Bonchev–Trinajstić information content (AvgIpc) is 3.05. The van der Waals surface area contributed by atoms with Gasteiger partial charge in [0.1, 0.15) is 0 Å². The zero-order chi connectivity index (χ0) is 13.1. The molecule has 0 radical (unpaired) electrons. The van der Waals surface area contributed by atoms with Gasteiger partial charge in [-0.3, -0.25) is 0 Å². The quantitative estimate of drug-likeness (QED) is 0.827. The first-order valence-corrected chi connectivity index (χ1v) is 7.17. The number of hydrogen-bond donors (Lipinski definition) is 1. The van der Waals surface area contributed by atoms with E-state index in [2.05, 4.69) is 62.3 Å². The molecule has 0 aliphatic heterocycles. The Balaban J connectivity index is 2.10. The van der Waals surface area contributed by atoms with Gasteiger partial charge in [-0.2, -0.15) is 0 Å². The molecule has 2 rings (SSSR count). The third-order valence-electron chi connectivity index (χ3n) is 4.11. The van der Waals surface area contributed by atoms with Crippen LogP contribution in [0.4, 0.5) is 5.69 Å². The van der Waals surface area contributed by atoms with Gasteiger partial charge in [-0.1, -0.05) is 32.0 Å². The van der Waals surface area contributed by atoms with Crippen molar-refractivity contribution in [1.29, 1.82) is 0 Å². The average molecular weight is 246 g/mol. The van der Waals surface area contributed by atoms with Crippen LogP contribution in [0.15, 0.2) is 24.3 Å². The van der Waals surface area contributed by atoms with Crippen molar-refractivity contribution >= 4 is 5.69 Å². The van der Waals surface area contributed by atoms with Crippen molar-refractivity contribution in [1.82, 2.24) is 5.32 Å². The van der Waals surface area contributed by atoms with Crippen molar-refractivity contribution in [2.45, 2.75) is 33.2 Å². The van der Waals surface area contributed by atoms with Crippen molar-refractivity contribution in [3.05, 3.63) is 29.8 Å². The van der Waals surface area contributed by atoms with Crippen LogP contribution in [0.2, 0.25) is 0 Å². The molecule has 0 heterocycles. The Kier molecular flexibility index (Phi) is 4.28. The molecule has 0 spiro atoms. The summed E-state index contributed by atoms with van der Waals surface area (Å²) in [6.45, 7) is 8.96. The Hall–Kier alpha value is -1.02. The molecule has 1 aromatic carbocycles. The van der Waals surface area contributed by atoms with Crippen LogP contribution in [0.5, 0.6) is 0 Å². The minimum absolute atomic E-state index is 0.422. The van der Waals surface area contributed by atoms with Crippen LogP contribution in [-0.2, 0) is 0 Å². The normalized spacial score (nSPS) is 23.8. The summed E-state index contributed by atoms with van der Waals surface area (Å²) in [5, 5.41) is 3.51. The van der Waals surface area contributed by atoms with Gasteiger partial charge in [0, 0.05) is 25.3 Å². The third-order valence-corrected chi connectivity index (χ3v) is 4.11. The van der Waals surface area contributed by atoms with Crippen molar-refractivity contribution in [3.8, 4) is 0 Å². The smallest absolute Gasteiger partial charge is 0.0412 e. The van der Waals surface area contributed by atoms with Crippen molar-refractivity contribution in [2.75, 3.05) is 25.0 Å². The summed E-state index contributed by atoms with van der Waals surface area (Å²) in [7, 11) is 2.22. The molecule has 3 atom stereocenters. The van der Waals surface area contributed by atoms with E-state index in [1.54, 1.807) is 0 Å². The topological polar surface area (TPSA) is 15.3 Å². The lowest BCUT2D eigenvalue weighted by Crippen LogP contribution is -2.25. The number of rotatable bonds is 6. The lowest BCUT2D eigenvalue weighted by Gasteiger charge is -2.25. The molecule has 0 saturated heterocycles. The van der Waals surface area contributed by atoms with E-state index in [9.17, 15) is 0 Å². The fourth-order valence-electron chi connectivity index (χ4n) is 2.72. The summed E-state index contributed by atoms with van der Waals surface area (Å²) in [5.41, 5.74) is 2.79. The van der Waals surface area contributed by atoms with Gasteiger partial charge in [0.05, 0.1) is 0 Å². The molecule has 1 N–H and O–H groups in total. The largest absolute Gasteiger partial charge is 0.374 e. The van der Waals surface area contributed by atoms with E-state index in [1.807, 2.05) is 0 Å². The fraction of sp³-hybridized carbons (Fsp3) is 0.625. The van der Waals surface area contributed by atoms with Crippen LogP contribution in [-0.4, -0.2) is 20.1 Å². The van der Waals surface area contributed by atoms with Gasteiger partial charge in [-0.25, -0.2) is 0 Å². The number of para-hydroxylation sites is 1. The Morgan fingerprint density at radius 2 is 2.06 bits per heavy atom. The molecule has 1 fully saturated rings. The van der Waals surface area contributed by atoms with Crippen LogP contribution in [0.3, 0.4) is 0 Å². The van der Waals surface area contributed by atoms with E-state index in [-0.39, 0.29) is 0 Å². The molecule has 0 amide bonds. The van der Waals surface area contributed by atoms with Crippen LogP contribution in [0.25, 0.3) is 0 Å². The number of anilines is 1. The van der Waals surface area contributed by atoms with Crippen molar-refractivity contribution < 1.29 is 0 Å². The number of nitrogens with zero attached hydrogens (tertiary/aromatic N) is 1. The molecule has 0 bridgehead atoms. The second kappa shape index (κ2) is 5.75. The molecule has 2 nitrogen and oxygen atoms in total. The lowest BCUT2D eigenvalue weighted by molar-refractivity contribution is 0.595. The number of nitrogens with one attached hydrogen (secondary N) is 1. The van der Waals surface area contributed by atoms with Crippen LogP contribution in [0.1, 0.15) is 38.8 Å². The molecule has 3 unspecified atom stereocenters. The van der Waals surface area contributed by atoms with Gasteiger partial charge in [-0.15, -0.1) is 0 Å². The predicted molar refractivity (Wildman–Crippen MR) is 79.1 cm³/mol. The minimum atomic E-state index is 0.422. The Morgan fingerprint density at radius 3 is 2.67 bits per heavy atom. The molecule has 1 saturated carbocycles. The highest BCUT2D eigenvalue weighted by atomic mass is 15.1. The maximum absolute atomic E-state index is 3.51. The molecular formula is C16H26N2. The van der Waals surface area contributed by atoms with Crippen molar-refractivity contribution in [3.63, 3.8) is 0 Å². The zero-order valence-electron chi connectivity index (χ0n) is 12.1. The summed E-state index contributed by atoms with van der Waals surface area (Å²) in [4.78, 5) is 2.43. The minimum Gasteiger partial charge on any atom is -0.374 e. The molecule has 1 aromatic rings. The van der Waals surface area contributed by atoms with Crippen LogP contribution < -0.4 is 10.2 Å². The second-order valence-corrected chi connectivity index (χ2v) is 5.69. The Labute approximate surface area is 111 Å². The fourth-order valence-corrected chi connectivity index (χ4v) is 2.72. The third kappa shape index (κ3) is 3.05. The molecule has 0 aromatic heterocycles.